The second-order valence-corrected chi connectivity index (χ2v) is 4.30. The first-order valence-electron chi connectivity index (χ1n) is 6.28. The van der Waals surface area contributed by atoms with Gasteiger partial charge in [-0.3, -0.25) is 4.79 Å². The molecule has 0 fully saturated rings. The van der Waals surface area contributed by atoms with E-state index in [9.17, 15) is 13.6 Å². The van der Waals surface area contributed by atoms with E-state index in [0.29, 0.717) is 11.4 Å². The van der Waals surface area contributed by atoms with E-state index >= 15 is 0 Å². The number of nitrogens with two attached hydrogens (primary N) is 1. The molecule has 21 heavy (non-hydrogen) atoms. The number of carbonyl (C=O) groups excluding carboxylic acids is 1. The van der Waals surface area contributed by atoms with Crippen LogP contribution in [0.5, 0.6) is 5.75 Å². The minimum atomic E-state index is -1.05. The van der Waals surface area contributed by atoms with Crippen LogP contribution in [0, 0.1) is 11.6 Å². The van der Waals surface area contributed by atoms with Gasteiger partial charge in [-0.25, -0.2) is 8.78 Å². The SMILES string of the molecule is Nc1ccc(OCCNC(=O)c2ccc(F)c(F)c2)cc1. The normalized spacial score (nSPS) is 10.2. The molecule has 0 atom stereocenters. The Kier molecular flexibility index (Phi) is 4.71. The summed E-state index contributed by atoms with van der Waals surface area (Å²) in [5, 5.41) is 2.55. The van der Waals surface area contributed by atoms with Crippen LogP contribution in [0.25, 0.3) is 0 Å². The van der Waals surface area contributed by atoms with Crippen molar-refractivity contribution in [3.8, 4) is 5.75 Å². The van der Waals surface area contributed by atoms with Crippen LogP contribution in [0.15, 0.2) is 42.5 Å². The van der Waals surface area contributed by atoms with Gasteiger partial charge in [-0.2, -0.15) is 0 Å². The molecule has 0 aliphatic carbocycles. The third-order valence-electron chi connectivity index (χ3n) is 2.72. The number of carbonyl (C=O) groups is 1. The molecule has 3 N–H and O–H groups in total. The second-order valence-electron chi connectivity index (χ2n) is 4.30. The van der Waals surface area contributed by atoms with Crippen molar-refractivity contribution in [2.45, 2.75) is 0 Å². The Balaban J connectivity index is 1.79. The lowest BCUT2D eigenvalue weighted by atomic mass is 10.2. The minimum absolute atomic E-state index is 0.0568. The molecule has 0 aromatic heterocycles. The molecule has 0 spiro atoms. The molecule has 0 saturated heterocycles. The summed E-state index contributed by atoms with van der Waals surface area (Å²) in [5.74, 6) is -1.90. The number of amides is 1. The third kappa shape index (κ3) is 4.17. The first kappa shape index (κ1) is 14.8. The number of ether oxygens (including phenoxy) is 1. The monoisotopic (exact) mass is 292 g/mol. The average Bonchev–Trinajstić information content (AvgIpc) is 2.48. The predicted octanol–water partition coefficient (Wildman–Crippen LogP) is 2.36. The molecule has 2 aromatic rings. The van der Waals surface area contributed by atoms with Gasteiger partial charge in [0.15, 0.2) is 11.6 Å². The van der Waals surface area contributed by atoms with E-state index in [1.807, 2.05) is 0 Å². The van der Waals surface area contributed by atoms with Crippen LogP contribution in [0.2, 0.25) is 0 Å². The van der Waals surface area contributed by atoms with Gasteiger partial charge in [0.05, 0.1) is 6.54 Å². The lowest BCUT2D eigenvalue weighted by Gasteiger charge is -2.08. The largest absolute Gasteiger partial charge is 0.492 e. The number of nitrogen functional groups attached to an aromatic ring is 1. The molecule has 0 bridgehead atoms. The predicted molar refractivity (Wildman–Crippen MR) is 75.0 cm³/mol. The fourth-order valence-electron chi connectivity index (χ4n) is 1.64. The number of hydrogen-bond donors (Lipinski definition) is 2. The molecular weight excluding hydrogens is 278 g/mol. The molecular formula is C15H14F2N2O2. The average molecular weight is 292 g/mol. The Morgan fingerprint density at radius 3 is 2.48 bits per heavy atom. The molecule has 6 heteroatoms. The van der Waals surface area contributed by atoms with Crippen LogP contribution >= 0.6 is 0 Å². The highest BCUT2D eigenvalue weighted by Crippen LogP contribution is 2.12. The van der Waals surface area contributed by atoms with E-state index in [4.69, 9.17) is 10.5 Å². The number of anilines is 1. The lowest BCUT2D eigenvalue weighted by Crippen LogP contribution is -2.28. The zero-order chi connectivity index (χ0) is 15.2. The fourth-order valence-corrected chi connectivity index (χ4v) is 1.64. The van der Waals surface area contributed by atoms with Crippen LogP contribution in [-0.4, -0.2) is 19.1 Å². The summed E-state index contributed by atoms with van der Waals surface area (Å²) in [4.78, 5) is 11.7. The minimum Gasteiger partial charge on any atom is -0.492 e. The quantitative estimate of drug-likeness (QED) is 0.657. The number of rotatable bonds is 5. The number of benzene rings is 2. The van der Waals surface area contributed by atoms with Crippen LogP contribution in [0.4, 0.5) is 14.5 Å². The highest BCUT2D eigenvalue weighted by molar-refractivity contribution is 5.94. The zero-order valence-corrected chi connectivity index (χ0v) is 11.1. The summed E-state index contributed by atoms with van der Waals surface area (Å²) >= 11 is 0. The maximum Gasteiger partial charge on any atom is 0.251 e. The molecule has 0 aliphatic heterocycles. The van der Waals surface area contributed by atoms with Crippen LogP contribution in [0.1, 0.15) is 10.4 Å². The van der Waals surface area contributed by atoms with Gasteiger partial charge in [0, 0.05) is 11.3 Å². The summed E-state index contributed by atoms with van der Waals surface area (Å²) in [7, 11) is 0. The van der Waals surface area contributed by atoms with Gasteiger partial charge in [0.25, 0.3) is 5.91 Å². The smallest absolute Gasteiger partial charge is 0.251 e. The topological polar surface area (TPSA) is 64.3 Å². The third-order valence-corrected chi connectivity index (χ3v) is 2.72. The second kappa shape index (κ2) is 6.69. The van der Waals surface area contributed by atoms with Gasteiger partial charge >= 0.3 is 0 Å². The summed E-state index contributed by atoms with van der Waals surface area (Å²) in [6.45, 7) is 0.488. The van der Waals surface area contributed by atoms with Gasteiger partial charge < -0.3 is 15.8 Å². The van der Waals surface area contributed by atoms with Crippen molar-refractivity contribution in [2.75, 3.05) is 18.9 Å². The number of halogens is 2. The van der Waals surface area contributed by atoms with Crippen molar-refractivity contribution in [1.82, 2.24) is 5.32 Å². The lowest BCUT2D eigenvalue weighted by molar-refractivity contribution is 0.0946. The molecule has 0 aliphatic rings. The van der Waals surface area contributed by atoms with Crippen molar-refractivity contribution in [3.63, 3.8) is 0 Å². The highest BCUT2D eigenvalue weighted by atomic mass is 19.2. The molecule has 2 aromatic carbocycles. The Morgan fingerprint density at radius 1 is 1.10 bits per heavy atom. The summed E-state index contributed by atoms with van der Waals surface area (Å²) < 4.78 is 31.1. The first-order chi connectivity index (χ1) is 10.1. The van der Waals surface area contributed by atoms with Crippen molar-refractivity contribution in [2.24, 2.45) is 0 Å². The van der Waals surface area contributed by atoms with Crippen molar-refractivity contribution >= 4 is 11.6 Å². The highest BCUT2D eigenvalue weighted by Gasteiger charge is 2.09. The first-order valence-corrected chi connectivity index (χ1v) is 6.28. The van der Waals surface area contributed by atoms with Gasteiger partial charge in [-0.05, 0) is 42.5 Å². The molecule has 110 valence electrons. The Bertz CT molecular complexity index is 630. The van der Waals surface area contributed by atoms with E-state index < -0.39 is 17.5 Å². The van der Waals surface area contributed by atoms with Gasteiger partial charge in [-0.15, -0.1) is 0 Å². The summed E-state index contributed by atoms with van der Waals surface area (Å²) in [6.07, 6.45) is 0. The van der Waals surface area contributed by atoms with Gasteiger partial charge in [0.1, 0.15) is 12.4 Å². The Labute approximate surface area is 120 Å². The number of nitrogens with one attached hydrogen (secondary N) is 1. The van der Waals surface area contributed by atoms with Gasteiger partial charge in [0.2, 0.25) is 0 Å². The maximum absolute atomic E-state index is 13.0. The Hall–Kier alpha value is -2.63. The van der Waals surface area contributed by atoms with Crippen LogP contribution in [-0.2, 0) is 0 Å². The zero-order valence-electron chi connectivity index (χ0n) is 11.1. The van der Waals surface area contributed by atoms with Gasteiger partial charge in [-0.1, -0.05) is 0 Å². The van der Waals surface area contributed by atoms with E-state index in [2.05, 4.69) is 5.32 Å². The van der Waals surface area contributed by atoms with E-state index in [1.165, 1.54) is 6.07 Å². The van der Waals surface area contributed by atoms with Crippen LogP contribution < -0.4 is 15.8 Å². The van der Waals surface area contributed by atoms with Crippen LogP contribution in [0.3, 0.4) is 0 Å². The fraction of sp³-hybridized carbons (Fsp3) is 0.133. The van der Waals surface area contributed by atoms with Crippen molar-refractivity contribution in [1.29, 1.82) is 0 Å². The van der Waals surface area contributed by atoms with E-state index in [-0.39, 0.29) is 18.7 Å². The summed E-state index contributed by atoms with van der Waals surface area (Å²) in [5.41, 5.74) is 6.23. The Morgan fingerprint density at radius 2 is 1.81 bits per heavy atom. The molecule has 4 nitrogen and oxygen atoms in total. The standard InChI is InChI=1S/C15H14F2N2O2/c16-13-6-1-10(9-14(13)17)15(20)19-7-8-21-12-4-2-11(18)3-5-12/h1-6,9H,7-8,18H2,(H,19,20). The van der Waals surface area contributed by atoms with E-state index in [0.717, 1.165) is 12.1 Å². The molecule has 1 amide bonds. The molecule has 0 heterocycles. The molecule has 0 unspecified atom stereocenters. The molecule has 0 saturated carbocycles. The summed E-state index contributed by atoms with van der Waals surface area (Å²) in [6, 6.07) is 9.82. The van der Waals surface area contributed by atoms with Crippen molar-refractivity contribution in [3.05, 3.63) is 59.7 Å². The maximum atomic E-state index is 13.0. The van der Waals surface area contributed by atoms with E-state index in [1.54, 1.807) is 24.3 Å². The molecule has 0 radical (unpaired) electrons. The van der Waals surface area contributed by atoms with Crippen molar-refractivity contribution < 1.29 is 18.3 Å². The number of hydrogen-bond acceptors (Lipinski definition) is 3. The molecule has 2 rings (SSSR count).